The van der Waals surface area contributed by atoms with Crippen molar-refractivity contribution in [3.05, 3.63) is 21.9 Å². The molecule has 0 aliphatic carbocycles. The number of nitrogens with zero attached hydrogens (tertiary/aromatic N) is 2. The fourth-order valence-electron chi connectivity index (χ4n) is 2.50. The monoisotopic (exact) mass is 388 g/mol. The van der Waals surface area contributed by atoms with Gasteiger partial charge in [0, 0.05) is 48.4 Å². The zero-order valence-electron chi connectivity index (χ0n) is 16.0. The summed E-state index contributed by atoms with van der Waals surface area (Å²) in [6.45, 7) is 10.5. The zero-order chi connectivity index (χ0) is 18.9. The summed E-state index contributed by atoms with van der Waals surface area (Å²) >= 11 is 1.82. The molecule has 0 saturated heterocycles. The smallest absolute Gasteiger partial charge is 0.211 e. The van der Waals surface area contributed by atoms with Gasteiger partial charge in [-0.05, 0) is 39.3 Å². The van der Waals surface area contributed by atoms with Crippen LogP contribution in [0.15, 0.2) is 17.1 Å². The number of thiophene rings is 1. The molecule has 1 atom stereocenters. The third-order valence-electron chi connectivity index (χ3n) is 3.69. The van der Waals surface area contributed by atoms with Crippen molar-refractivity contribution in [3.63, 3.8) is 0 Å². The van der Waals surface area contributed by atoms with E-state index in [0.29, 0.717) is 26.1 Å². The molecule has 2 N–H and O–H groups in total. The second-order valence-electron chi connectivity index (χ2n) is 6.13. The average Bonchev–Trinajstić information content (AvgIpc) is 2.90. The molecule has 0 aliphatic heterocycles. The van der Waals surface area contributed by atoms with E-state index in [9.17, 15) is 8.42 Å². The highest BCUT2D eigenvalue weighted by molar-refractivity contribution is 7.88. The van der Waals surface area contributed by atoms with Crippen molar-refractivity contribution in [1.82, 2.24) is 14.9 Å². The minimum absolute atomic E-state index is 0.277. The summed E-state index contributed by atoms with van der Waals surface area (Å²) in [4.78, 5) is 7.25. The average molecular weight is 389 g/mol. The number of aryl methyl sites for hydroxylation is 1. The molecule has 0 spiro atoms. The third-order valence-corrected chi connectivity index (χ3v) is 6.09. The Hall–Kier alpha value is -1.12. The summed E-state index contributed by atoms with van der Waals surface area (Å²) in [5.41, 5.74) is 0. The van der Waals surface area contributed by atoms with E-state index in [4.69, 9.17) is 0 Å². The van der Waals surface area contributed by atoms with Gasteiger partial charge in [-0.2, -0.15) is 0 Å². The molecule has 0 aliphatic rings. The Morgan fingerprint density at radius 3 is 2.60 bits per heavy atom. The van der Waals surface area contributed by atoms with Crippen LogP contribution in [-0.4, -0.2) is 57.2 Å². The van der Waals surface area contributed by atoms with E-state index in [1.807, 2.05) is 25.2 Å². The van der Waals surface area contributed by atoms with E-state index in [2.05, 4.69) is 41.6 Å². The highest BCUT2D eigenvalue weighted by Crippen LogP contribution is 2.16. The van der Waals surface area contributed by atoms with Crippen LogP contribution in [0.5, 0.6) is 0 Å². The summed E-state index contributed by atoms with van der Waals surface area (Å²) < 4.78 is 24.6. The van der Waals surface area contributed by atoms with Crippen molar-refractivity contribution in [1.29, 1.82) is 0 Å². The topological polar surface area (TPSA) is 73.8 Å². The lowest BCUT2D eigenvalue weighted by atomic mass is 10.2. The first kappa shape index (κ1) is 21.9. The molecule has 25 heavy (non-hydrogen) atoms. The molecule has 0 bridgehead atoms. The predicted octanol–water partition coefficient (Wildman–Crippen LogP) is 2.21. The van der Waals surface area contributed by atoms with Crippen LogP contribution in [0.25, 0.3) is 0 Å². The van der Waals surface area contributed by atoms with Gasteiger partial charge in [0.1, 0.15) is 0 Å². The Morgan fingerprint density at radius 1 is 1.36 bits per heavy atom. The number of guanidine groups is 1. The molecule has 0 saturated carbocycles. The van der Waals surface area contributed by atoms with Crippen molar-refractivity contribution >= 4 is 27.3 Å². The first-order valence-electron chi connectivity index (χ1n) is 8.81. The summed E-state index contributed by atoms with van der Waals surface area (Å²) in [6.07, 6.45) is 2.91. The number of hydrogen-bond donors (Lipinski definition) is 2. The first-order valence-corrected chi connectivity index (χ1v) is 11.5. The highest BCUT2D eigenvalue weighted by Gasteiger charge is 2.13. The molecule has 0 aromatic carbocycles. The quantitative estimate of drug-likeness (QED) is 0.366. The highest BCUT2D eigenvalue weighted by atomic mass is 32.2. The summed E-state index contributed by atoms with van der Waals surface area (Å²) in [5.74, 6) is 0.783. The van der Waals surface area contributed by atoms with Gasteiger partial charge in [-0.1, -0.05) is 6.92 Å². The molecule has 1 aromatic rings. The second-order valence-corrected chi connectivity index (χ2v) is 9.49. The summed E-state index contributed by atoms with van der Waals surface area (Å²) in [6, 6.07) is 4.60. The maximum atomic E-state index is 11.6. The second kappa shape index (κ2) is 10.8. The lowest BCUT2D eigenvalue weighted by molar-refractivity contribution is 0.427. The van der Waals surface area contributed by atoms with Crippen LogP contribution in [0.1, 0.15) is 36.9 Å². The van der Waals surface area contributed by atoms with E-state index >= 15 is 0 Å². The van der Waals surface area contributed by atoms with Gasteiger partial charge in [-0.25, -0.2) is 12.7 Å². The van der Waals surface area contributed by atoms with Gasteiger partial charge in [0.15, 0.2) is 5.96 Å². The normalized spacial score (nSPS) is 13.9. The maximum absolute atomic E-state index is 11.6. The zero-order valence-corrected chi connectivity index (χ0v) is 17.6. The number of nitrogens with one attached hydrogen (secondary N) is 2. The van der Waals surface area contributed by atoms with Crippen LogP contribution in [0, 0.1) is 6.92 Å². The fourth-order valence-corrected chi connectivity index (χ4v) is 4.45. The minimum atomic E-state index is -3.12. The lowest BCUT2D eigenvalue weighted by Crippen LogP contribution is -2.43. The number of sulfonamides is 1. The van der Waals surface area contributed by atoms with E-state index in [0.717, 1.165) is 18.9 Å². The maximum Gasteiger partial charge on any atom is 0.211 e. The minimum Gasteiger partial charge on any atom is -0.357 e. The molecule has 1 heterocycles. The van der Waals surface area contributed by atoms with Crippen LogP contribution in [0.4, 0.5) is 0 Å². The predicted molar refractivity (Wildman–Crippen MR) is 108 cm³/mol. The van der Waals surface area contributed by atoms with Gasteiger partial charge in [0.25, 0.3) is 0 Å². The molecule has 144 valence electrons. The standard InChI is InChI=1S/C17H32N4O2S2/c1-6-18-17(19-11-8-12-21(7-2)25(5,22)23)20-14(3)13-16-10-9-15(4)24-16/h9-10,14H,6-8,11-13H2,1-5H3,(H2,18,19,20). The van der Waals surface area contributed by atoms with Gasteiger partial charge in [-0.15, -0.1) is 11.3 Å². The Kier molecular flexibility index (Phi) is 9.45. The largest absolute Gasteiger partial charge is 0.357 e. The Balaban J connectivity index is 2.50. The molecular formula is C17H32N4O2S2. The number of hydrogen-bond acceptors (Lipinski definition) is 4. The van der Waals surface area contributed by atoms with Crippen molar-refractivity contribution in [2.24, 2.45) is 4.99 Å². The molecule has 8 heteroatoms. The Labute approximate surface area is 156 Å². The molecule has 0 amide bonds. The van der Waals surface area contributed by atoms with Crippen molar-refractivity contribution in [2.75, 3.05) is 32.4 Å². The van der Waals surface area contributed by atoms with E-state index in [1.54, 1.807) is 0 Å². The number of aliphatic imine (C=N–C) groups is 1. The molecular weight excluding hydrogens is 356 g/mol. The first-order chi connectivity index (χ1) is 11.8. The Morgan fingerprint density at radius 2 is 2.08 bits per heavy atom. The van der Waals surface area contributed by atoms with Crippen LogP contribution >= 0.6 is 11.3 Å². The SMILES string of the molecule is CCNC(=NCCCN(CC)S(C)(=O)=O)NC(C)Cc1ccc(C)s1. The third kappa shape index (κ3) is 8.69. The fraction of sp³-hybridized carbons (Fsp3) is 0.706. The van der Waals surface area contributed by atoms with Crippen molar-refractivity contribution in [2.45, 2.75) is 46.6 Å². The van der Waals surface area contributed by atoms with Gasteiger partial charge in [-0.3, -0.25) is 4.99 Å². The van der Waals surface area contributed by atoms with Gasteiger partial charge >= 0.3 is 0 Å². The summed E-state index contributed by atoms with van der Waals surface area (Å²) in [5, 5.41) is 6.67. The van der Waals surface area contributed by atoms with Crippen LogP contribution in [-0.2, 0) is 16.4 Å². The number of rotatable bonds is 10. The Bertz CT molecular complexity index is 641. The molecule has 0 fully saturated rings. The van der Waals surface area contributed by atoms with Gasteiger partial charge in [0.2, 0.25) is 10.0 Å². The van der Waals surface area contributed by atoms with Crippen LogP contribution < -0.4 is 10.6 Å². The van der Waals surface area contributed by atoms with Gasteiger partial charge < -0.3 is 10.6 Å². The van der Waals surface area contributed by atoms with E-state index in [1.165, 1.54) is 20.3 Å². The van der Waals surface area contributed by atoms with Crippen molar-refractivity contribution < 1.29 is 8.42 Å². The molecule has 0 radical (unpaired) electrons. The van der Waals surface area contributed by atoms with Gasteiger partial charge in [0.05, 0.1) is 6.26 Å². The van der Waals surface area contributed by atoms with Crippen LogP contribution in [0.3, 0.4) is 0 Å². The lowest BCUT2D eigenvalue weighted by Gasteiger charge is -2.18. The molecule has 6 nitrogen and oxygen atoms in total. The van der Waals surface area contributed by atoms with Crippen molar-refractivity contribution in [3.8, 4) is 0 Å². The van der Waals surface area contributed by atoms with Crippen LogP contribution in [0.2, 0.25) is 0 Å². The van der Waals surface area contributed by atoms with E-state index < -0.39 is 10.0 Å². The van der Waals surface area contributed by atoms with E-state index in [-0.39, 0.29) is 6.04 Å². The summed E-state index contributed by atoms with van der Waals surface area (Å²) in [7, 11) is -3.12. The molecule has 1 aromatic heterocycles. The molecule has 1 rings (SSSR count). The molecule has 1 unspecified atom stereocenters.